The first-order chi connectivity index (χ1) is 43.2. The van der Waals surface area contributed by atoms with Gasteiger partial charge in [-0.25, -0.2) is 0 Å². The Morgan fingerprint density at radius 3 is 0.770 bits per heavy atom. The fourth-order valence-electron chi connectivity index (χ4n) is 14.5. The first-order valence-electron chi connectivity index (χ1n) is 41.0. The SMILES string of the molecule is C=CCCCCCCCCCCCCCCC(CCCCCCCCCCCCC=CCC)=C(CCCCCCCCCCCCC=C)C(CCCCCCCCCCCCCC=C)CC(CCCCCCCC)CCCCCCCCCCCC=C. The molecule has 0 amide bonds. The zero-order chi connectivity index (χ0) is 62.8. The summed E-state index contributed by atoms with van der Waals surface area (Å²) in [6.07, 6.45) is 114. The van der Waals surface area contributed by atoms with Crippen LogP contribution in [0.15, 0.2) is 73.9 Å². The fraction of sp³-hybridized carbons (Fsp3) is 0.862. The van der Waals surface area contributed by atoms with Crippen LogP contribution in [0.25, 0.3) is 0 Å². The van der Waals surface area contributed by atoms with E-state index in [0.717, 1.165) is 11.8 Å². The number of hydrogen-bond donors (Lipinski definition) is 0. The van der Waals surface area contributed by atoms with Crippen molar-refractivity contribution in [1.29, 1.82) is 0 Å². The van der Waals surface area contributed by atoms with E-state index in [1.54, 1.807) is 0 Å². The Morgan fingerprint density at radius 2 is 0.483 bits per heavy atom. The van der Waals surface area contributed by atoms with Crippen LogP contribution in [0.4, 0.5) is 0 Å². The minimum Gasteiger partial charge on any atom is -0.103 e. The van der Waals surface area contributed by atoms with Crippen molar-refractivity contribution in [3.05, 3.63) is 73.9 Å². The first kappa shape index (κ1) is 85.4. The van der Waals surface area contributed by atoms with E-state index < -0.39 is 0 Å². The minimum atomic E-state index is 0.831. The summed E-state index contributed by atoms with van der Waals surface area (Å²) in [7, 11) is 0. The monoisotopic (exact) mass is 1210 g/mol. The van der Waals surface area contributed by atoms with E-state index >= 15 is 0 Å². The summed E-state index contributed by atoms with van der Waals surface area (Å²) in [6.45, 7) is 20.4. The molecule has 0 heterocycles. The van der Waals surface area contributed by atoms with Crippen LogP contribution < -0.4 is 0 Å². The van der Waals surface area contributed by atoms with E-state index in [1.165, 1.54) is 456 Å². The van der Waals surface area contributed by atoms with Crippen LogP contribution in [-0.2, 0) is 0 Å². The van der Waals surface area contributed by atoms with Crippen molar-refractivity contribution in [2.75, 3.05) is 0 Å². The maximum Gasteiger partial charge on any atom is -0.0198 e. The molecule has 0 aliphatic heterocycles. The molecule has 0 fully saturated rings. The Bertz CT molecular complexity index is 1390. The molecule has 0 aromatic rings. The van der Waals surface area contributed by atoms with E-state index in [1.807, 2.05) is 5.57 Å². The molecule has 0 rings (SSSR count). The summed E-state index contributed by atoms with van der Waals surface area (Å²) in [6, 6.07) is 0. The normalized spacial score (nSPS) is 12.8. The van der Waals surface area contributed by atoms with E-state index in [9.17, 15) is 0 Å². The third-order valence-corrected chi connectivity index (χ3v) is 20.3. The number of allylic oxidation sites excluding steroid dienone is 8. The van der Waals surface area contributed by atoms with E-state index in [2.05, 4.69) is 82.2 Å². The zero-order valence-electron chi connectivity index (χ0n) is 60.7. The molecule has 87 heavy (non-hydrogen) atoms. The van der Waals surface area contributed by atoms with Crippen LogP contribution in [0.2, 0.25) is 0 Å². The Hall–Kier alpha value is -1.56. The first-order valence-corrected chi connectivity index (χ1v) is 41.0. The van der Waals surface area contributed by atoms with Crippen LogP contribution in [0.1, 0.15) is 470 Å². The molecule has 2 unspecified atom stereocenters. The molecule has 512 valence electrons. The van der Waals surface area contributed by atoms with Crippen molar-refractivity contribution in [2.24, 2.45) is 11.8 Å². The molecule has 0 aromatic heterocycles. The Balaban J connectivity index is 6.60. The third-order valence-electron chi connectivity index (χ3n) is 20.3. The van der Waals surface area contributed by atoms with Crippen LogP contribution in [0, 0.1) is 11.8 Å². The average molecular weight is 1210 g/mol. The van der Waals surface area contributed by atoms with Crippen molar-refractivity contribution < 1.29 is 0 Å². The summed E-state index contributed by atoms with van der Waals surface area (Å²) in [5.74, 6) is 1.75. The van der Waals surface area contributed by atoms with Crippen LogP contribution in [-0.4, -0.2) is 0 Å². The van der Waals surface area contributed by atoms with Crippen LogP contribution >= 0.6 is 0 Å². The van der Waals surface area contributed by atoms with Gasteiger partial charge in [0.2, 0.25) is 0 Å². The van der Waals surface area contributed by atoms with Gasteiger partial charge in [0.25, 0.3) is 0 Å². The highest BCUT2D eigenvalue weighted by molar-refractivity contribution is 5.18. The molecule has 0 saturated carbocycles. The lowest BCUT2D eigenvalue weighted by Crippen LogP contribution is -2.15. The molecule has 0 spiro atoms. The predicted octanol–water partition coefficient (Wildman–Crippen LogP) is 32.6. The highest BCUT2D eigenvalue weighted by Gasteiger charge is 2.23. The Labute approximate surface area is 552 Å². The number of rotatable bonds is 78. The van der Waals surface area contributed by atoms with Gasteiger partial charge in [-0.2, -0.15) is 0 Å². The third kappa shape index (κ3) is 67.2. The molecule has 0 aliphatic carbocycles. The summed E-state index contributed by atoms with van der Waals surface area (Å²) >= 11 is 0. The summed E-state index contributed by atoms with van der Waals surface area (Å²) in [5, 5.41) is 0. The molecular weight excluding hydrogens is 1040 g/mol. The quantitative estimate of drug-likeness (QED) is 0.0421. The van der Waals surface area contributed by atoms with Gasteiger partial charge >= 0.3 is 0 Å². The van der Waals surface area contributed by atoms with Gasteiger partial charge in [-0.15, -0.1) is 26.3 Å². The maximum absolute atomic E-state index is 3.95. The second-order valence-electron chi connectivity index (χ2n) is 28.7. The highest BCUT2D eigenvalue weighted by atomic mass is 14.3. The molecule has 0 nitrogen and oxygen atoms in total. The second kappa shape index (κ2) is 76.9. The Kier molecular flexibility index (Phi) is 75.5. The smallest absolute Gasteiger partial charge is 0.0198 e. The van der Waals surface area contributed by atoms with Crippen molar-refractivity contribution in [3.63, 3.8) is 0 Å². The molecule has 0 heteroatoms. The molecule has 0 N–H and O–H groups in total. The van der Waals surface area contributed by atoms with Gasteiger partial charge in [-0.3, -0.25) is 0 Å². The molecular formula is C87H164. The van der Waals surface area contributed by atoms with E-state index in [4.69, 9.17) is 0 Å². The lowest BCUT2D eigenvalue weighted by atomic mass is 9.76. The predicted molar refractivity (Wildman–Crippen MR) is 403 cm³/mol. The maximum atomic E-state index is 3.95. The summed E-state index contributed by atoms with van der Waals surface area (Å²) in [5.41, 5.74) is 4.09. The van der Waals surface area contributed by atoms with Crippen molar-refractivity contribution in [3.8, 4) is 0 Å². The van der Waals surface area contributed by atoms with Gasteiger partial charge in [-0.05, 0) is 134 Å². The van der Waals surface area contributed by atoms with Gasteiger partial charge in [0.1, 0.15) is 0 Å². The Morgan fingerprint density at radius 1 is 0.241 bits per heavy atom. The van der Waals surface area contributed by atoms with Gasteiger partial charge < -0.3 is 0 Å². The van der Waals surface area contributed by atoms with Gasteiger partial charge in [0.15, 0.2) is 0 Å². The minimum absolute atomic E-state index is 0.831. The standard InChI is InChI=1S/C87H164/c1-7-13-19-25-31-36-41-45-48-51-56-61-67-73-79-85(80-74-68-62-57-52-49-46-42-37-32-26-20-14-8-2)87(82-76-70-64-59-54-44-39-34-28-22-16-10-4)86(81-75-69-63-58-53-47-43-38-33-27-21-15-9-3)83-84(77-71-65-30-24-18-12-6)78-72-66-60-55-50-40-35-29-23-17-11-5/h7,9-11,14,20,84,86H,1,3-5,8,12-13,15-19,21-83H2,2,6H3. The van der Waals surface area contributed by atoms with Crippen molar-refractivity contribution in [2.45, 2.75) is 470 Å². The van der Waals surface area contributed by atoms with E-state index in [0.29, 0.717) is 0 Å². The van der Waals surface area contributed by atoms with Gasteiger partial charge in [-0.1, -0.05) is 395 Å². The number of unbranched alkanes of at least 4 members (excludes halogenated alkanes) is 57. The number of hydrogen-bond acceptors (Lipinski definition) is 0. The van der Waals surface area contributed by atoms with Gasteiger partial charge in [0, 0.05) is 0 Å². The lowest BCUT2D eigenvalue weighted by Gasteiger charge is -2.29. The van der Waals surface area contributed by atoms with Gasteiger partial charge in [0.05, 0.1) is 0 Å². The average Bonchev–Trinajstić information content (AvgIpc) is 3.73. The molecule has 0 aliphatic rings. The van der Waals surface area contributed by atoms with Crippen molar-refractivity contribution in [1.82, 2.24) is 0 Å². The molecule has 0 radical (unpaired) electrons. The lowest BCUT2D eigenvalue weighted by molar-refractivity contribution is 0.315. The summed E-state index contributed by atoms with van der Waals surface area (Å²) in [4.78, 5) is 0. The van der Waals surface area contributed by atoms with Crippen LogP contribution in [0.3, 0.4) is 0 Å². The topological polar surface area (TPSA) is 0 Å². The second-order valence-corrected chi connectivity index (χ2v) is 28.7. The largest absolute Gasteiger partial charge is 0.103 e. The molecule has 0 aromatic carbocycles. The molecule has 0 bridgehead atoms. The van der Waals surface area contributed by atoms with E-state index in [-0.39, 0.29) is 0 Å². The van der Waals surface area contributed by atoms with Crippen LogP contribution in [0.5, 0.6) is 0 Å². The summed E-state index contributed by atoms with van der Waals surface area (Å²) < 4.78 is 0. The zero-order valence-corrected chi connectivity index (χ0v) is 60.7. The highest BCUT2D eigenvalue weighted by Crippen LogP contribution is 2.39. The molecule has 0 saturated heterocycles. The fourth-order valence-corrected chi connectivity index (χ4v) is 14.5. The van der Waals surface area contributed by atoms with Crippen molar-refractivity contribution >= 4 is 0 Å². The molecule has 2 atom stereocenters.